The van der Waals surface area contributed by atoms with Crippen molar-refractivity contribution >= 4 is 17.7 Å². The van der Waals surface area contributed by atoms with E-state index in [0.717, 1.165) is 0 Å². The van der Waals surface area contributed by atoms with E-state index in [2.05, 4.69) is 30.7 Å². The number of hydrogen-bond acceptors (Lipinski definition) is 5. The number of carboxylic acid groups (broad SMARTS) is 1. The Bertz CT molecular complexity index is 587. The quantitative estimate of drug-likeness (QED) is 0.604. The van der Waals surface area contributed by atoms with Crippen LogP contribution in [0.5, 0.6) is 0 Å². The highest BCUT2D eigenvalue weighted by Crippen LogP contribution is 2.06. The summed E-state index contributed by atoms with van der Waals surface area (Å²) in [4.78, 5) is 26.2. The van der Waals surface area contributed by atoms with E-state index >= 15 is 0 Å². The molecule has 0 saturated carbocycles. The van der Waals surface area contributed by atoms with Crippen molar-refractivity contribution in [2.24, 2.45) is 0 Å². The molecule has 2 aromatic rings. The van der Waals surface area contributed by atoms with Crippen molar-refractivity contribution in [3.8, 4) is 0 Å². The van der Waals surface area contributed by atoms with E-state index in [9.17, 15) is 9.59 Å². The van der Waals surface area contributed by atoms with Gasteiger partial charge in [0, 0.05) is 12.5 Å². The van der Waals surface area contributed by atoms with Crippen LogP contribution in [-0.4, -0.2) is 42.4 Å². The topological polar surface area (TPSA) is 137 Å². The number of carboxylic acids is 1. The van der Waals surface area contributed by atoms with Crippen LogP contribution in [0.2, 0.25) is 0 Å². The summed E-state index contributed by atoms with van der Waals surface area (Å²) in [5.41, 5.74) is -0.116. The number of aromatic carboxylic acids is 1. The van der Waals surface area contributed by atoms with Gasteiger partial charge in [0.1, 0.15) is 11.5 Å². The molecular formula is C9H10N6O3. The van der Waals surface area contributed by atoms with Gasteiger partial charge < -0.3 is 10.4 Å². The zero-order valence-corrected chi connectivity index (χ0v) is 9.39. The molecule has 0 spiro atoms. The predicted octanol–water partition coefficient (Wildman–Crippen LogP) is 0.0407. The fourth-order valence-electron chi connectivity index (χ4n) is 1.22. The Hall–Kier alpha value is -2.71. The molecule has 1 amide bonds. The van der Waals surface area contributed by atoms with E-state index in [1.807, 2.05) is 6.92 Å². The minimum atomic E-state index is -1.16. The summed E-state index contributed by atoms with van der Waals surface area (Å²) in [6, 6.07) is 1.20. The van der Waals surface area contributed by atoms with Gasteiger partial charge in [-0.05, 0) is 0 Å². The molecule has 0 radical (unpaired) electrons. The number of hydrogen-bond donors (Lipinski definition) is 4. The van der Waals surface area contributed by atoms with Crippen molar-refractivity contribution in [1.29, 1.82) is 0 Å². The van der Waals surface area contributed by atoms with E-state index in [0.29, 0.717) is 12.2 Å². The van der Waals surface area contributed by atoms with Crippen molar-refractivity contribution < 1.29 is 14.7 Å². The summed E-state index contributed by atoms with van der Waals surface area (Å²) < 4.78 is 0. The number of H-pyrrole nitrogens is 2. The van der Waals surface area contributed by atoms with Crippen LogP contribution >= 0.6 is 0 Å². The van der Waals surface area contributed by atoms with Gasteiger partial charge in [0.2, 0.25) is 5.82 Å². The van der Waals surface area contributed by atoms with Crippen molar-refractivity contribution in [2.75, 3.05) is 5.32 Å². The number of rotatable bonds is 4. The van der Waals surface area contributed by atoms with Gasteiger partial charge in [-0.1, -0.05) is 6.92 Å². The number of aromatic nitrogens is 5. The monoisotopic (exact) mass is 250 g/mol. The van der Waals surface area contributed by atoms with Crippen molar-refractivity contribution in [3.63, 3.8) is 0 Å². The first kappa shape index (κ1) is 11.8. The molecule has 0 fully saturated rings. The average molecular weight is 250 g/mol. The van der Waals surface area contributed by atoms with E-state index in [-0.39, 0.29) is 17.3 Å². The van der Waals surface area contributed by atoms with Gasteiger partial charge >= 0.3 is 5.97 Å². The third-order valence-electron chi connectivity index (χ3n) is 2.12. The van der Waals surface area contributed by atoms with Gasteiger partial charge in [0.05, 0.1) is 0 Å². The first-order valence-corrected chi connectivity index (χ1v) is 5.11. The first-order chi connectivity index (χ1) is 8.60. The van der Waals surface area contributed by atoms with Gasteiger partial charge in [-0.2, -0.15) is 5.10 Å². The molecule has 0 aliphatic rings. The van der Waals surface area contributed by atoms with Crippen molar-refractivity contribution in [2.45, 2.75) is 13.3 Å². The lowest BCUT2D eigenvalue weighted by Crippen LogP contribution is -2.14. The minimum Gasteiger partial charge on any atom is -0.477 e. The largest absolute Gasteiger partial charge is 0.477 e. The SMILES string of the molecule is CCc1nc(C(=O)Nc2cc(C(=O)O)[nH]n2)n[nH]1. The van der Waals surface area contributed by atoms with Crippen LogP contribution in [0.4, 0.5) is 5.82 Å². The van der Waals surface area contributed by atoms with Crippen LogP contribution in [0, 0.1) is 0 Å². The zero-order chi connectivity index (χ0) is 13.1. The Kier molecular flexibility index (Phi) is 3.04. The maximum absolute atomic E-state index is 11.7. The second-order valence-electron chi connectivity index (χ2n) is 3.39. The Balaban J connectivity index is 2.08. The average Bonchev–Trinajstić information content (AvgIpc) is 2.96. The number of nitrogens with zero attached hydrogens (tertiary/aromatic N) is 3. The molecule has 0 aromatic carbocycles. The Morgan fingerprint density at radius 2 is 2.17 bits per heavy atom. The van der Waals surface area contributed by atoms with Gasteiger partial charge in [0.15, 0.2) is 5.82 Å². The zero-order valence-electron chi connectivity index (χ0n) is 9.39. The normalized spacial score (nSPS) is 10.3. The second-order valence-corrected chi connectivity index (χ2v) is 3.39. The van der Waals surface area contributed by atoms with Crippen LogP contribution in [0.15, 0.2) is 6.07 Å². The number of amides is 1. The molecule has 0 saturated heterocycles. The molecular weight excluding hydrogens is 240 g/mol. The first-order valence-electron chi connectivity index (χ1n) is 5.11. The summed E-state index contributed by atoms with van der Waals surface area (Å²) in [7, 11) is 0. The minimum absolute atomic E-state index is 0.0216. The molecule has 2 aromatic heterocycles. The number of nitrogens with one attached hydrogen (secondary N) is 3. The number of carbonyl (C=O) groups is 2. The van der Waals surface area contributed by atoms with E-state index < -0.39 is 11.9 Å². The fourth-order valence-corrected chi connectivity index (χ4v) is 1.22. The predicted molar refractivity (Wildman–Crippen MR) is 59.3 cm³/mol. The number of aryl methyl sites for hydroxylation is 1. The van der Waals surface area contributed by atoms with Gasteiger partial charge in [-0.15, -0.1) is 5.10 Å². The van der Waals surface area contributed by atoms with Crippen molar-refractivity contribution in [1.82, 2.24) is 25.4 Å². The molecule has 9 nitrogen and oxygen atoms in total. The molecule has 18 heavy (non-hydrogen) atoms. The molecule has 0 bridgehead atoms. The highest BCUT2D eigenvalue weighted by molar-refractivity contribution is 6.01. The Labute approximate surface area is 101 Å². The van der Waals surface area contributed by atoms with E-state index in [4.69, 9.17) is 5.11 Å². The third kappa shape index (κ3) is 2.34. The standard InChI is InChI=1S/C9H10N6O3/c1-2-5-10-7(15-13-5)8(16)11-6-3-4(9(17)18)12-14-6/h3H,2H2,1H3,(H,17,18)(H,10,13,15)(H2,11,12,14,16). The Morgan fingerprint density at radius 3 is 2.72 bits per heavy atom. The molecule has 0 aliphatic heterocycles. The van der Waals surface area contributed by atoms with Crippen LogP contribution < -0.4 is 5.32 Å². The summed E-state index contributed by atoms with van der Waals surface area (Å²) in [6.07, 6.45) is 0.631. The maximum atomic E-state index is 11.7. The van der Waals surface area contributed by atoms with E-state index in [1.165, 1.54) is 6.07 Å². The maximum Gasteiger partial charge on any atom is 0.353 e. The van der Waals surface area contributed by atoms with Crippen LogP contribution in [0.1, 0.15) is 33.9 Å². The third-order valence-corrected chi connectivity index (χ3v) is 2.12. The summed E-state index contributed by atoms with van der Waals surface area (Å²) in [6.45, 7) is 1.87. The lowest BCUT2D eigenvalue weighted by Gasteiger charge is -1.95. The van der Waals surface area contributed by atoms with Crippen LogP contribution in [-0.2, 0) is 6.42 Å². The number of anilines is 1. The lowest BCUT2D eigenvalue weighted by atomic mass is 10.4. The van der Waals surface area contributed by atoms with Gasteiger partial charge in [-0.3, -0.25) is 15.0 Å². The highest BCUT2D eigenvalue weighted by Gasteiger charge is 2.15. The summed E-state index contributed by atoms with van der Waals surface area (Å²) >= 11 is 0. The van der Waals surface area contributed by atoms with Crippen molar-refractivity contribution in [3.05, 3.63) is 23.4 Å². The van der Waals surface area contributed by atoms with Crippen LogP contribution in [0.25, 0.3) is 0 Å². The lowest BCUT2D eigenvalue weighted by molar-refractivity contribution is 0.0690. The molecule has 2 rings (SSSR count). The molecule has 94 valence electrons. The van der Waals surface area contributed by atoms with E-state index in [1.54, 1.807) is 0 Å². The molecule has 2 heterocycles. The summed E-state index contributed by atoms with van der Waals surface area (Å²) in [5, 5.41) is 23.3. The molecule has 0 unspecified atom stereocenters. The van der Waals surface area contributed by atoms with Gasteiger partial charge in [-0.25, -0.2) is 9.78 Å². The van der Waals surface area contributed by atoms with Gasteiger partial charge in [0.25, 0.3) is 5.91 Å². The molecule has 0 aliphatic carbocycles. The smallest absolute Gasteiger partial charge is 0.353 e. The molecule has 4 N–H and O–H groups in total. The second kappa shape index (κ2) is 4.65. The Morgan fingerprint density at radius 1 is 1.39 bits per heavy atom. The fraction of sp³-hybridized carbons (Fsp3) is 0.222. The van der Waals surface area contributed by atoms with Crippen LogP contribution in [0.3, 0.4) is 0 Å². The highest BCUT2D eigenvalue weighted by atomic mass is 16.4. The number of aromatic amines is 2. The summed E-state index contributed by atoms with van der Waals surface area (Å²) in [5.74, 6) is -1.05. The molecule has 0 atom stereocenters. The molecule has 9 heteroatoms. The number of carbonyl (C=O) groups excluding carboxylic acids is 1.